The Hall–Kier alpha value is -2.73. The van der Waals surface area contributed by atoms with Gasteiger partial charge in [0.05, 0.1) is 17.5 Å². The molecule has 1 N–H and O–H groups in total. The summed E-state index contributed by atoms with van der Waals surface area (Å²) in [6.45, 7) is 0. The van der Waals surface area contributed by atoms with Crippen molar-refractivity contribution >= 4 is 17.6 Å². The summed E-state index contributed by atoms with van der Waals surface area (Å²) in [5.41, 5.74) is 1.86. The number of rotatable bonds is 3. The molecule has 110 valence electrons. The normalized spacial score (nSPS) is 10.6. The summed E-state index contributed by atoms with van der Waals surface area (Å²) in [4.78, 5) is 19.8. The topological polar surface area (TPSA) is 80.9 Å². The Morgan fingerprint density at radius 3 is 2.50 bits per heavy atom. The zero-order valence-electron chi connectivity index (χ0n) is 11.6. The molecule has 0 fully saturated rings. The molecule has 0 radical (unpaired) electrons. The second kappa shape index (κ2) is 5.57. The van der Waals surface area contributed by atoms with Crippen molar-refractivity contribution in [1.82, 2.24) is 19.7 Å². The average Bonchev–Trinajstić information content (AvgIpc) is 2.94. The van der Waals surface area contributed by atoms with Crippen LogP contribution < -0.4 is 0 Å². The fraction of sp³-hybridized carbons (Fsp3) is 0.0667. The van der Waals surface area contributed by atoms with Crippen LogP contribution in [-0.4, -0.2) is 30.8 Å². The number of aromatic carboxylic acids is 1. The third-order valence-electron chi connectivity index (χ3n) is 3.05. The van der Waals surface area contributed by atoms with Crippen LogP contribution in [0.3, 0.4) is 0 Å². The largest absolute Gasteiger partial charge is 0.477 e. The average molecular weight is 315 g/mol. The molecule has 2 heterocycles. The molecule has 22 heavy (non-hydrogen) atoms. The number of halogens is 1. The third-order valence-corrected chi connectivity index (χ3v) is 3.30. The van der Waals surface area contributed by atoms with Crippen molar-refractivity contribution in [3.63, 3.8) is 0 Å². The van der Waals surface area contributed by atoms with Gasteiger partial charge >= 0.3 is 5.97 Å². The zero-order chi connectivity index (χ0) is 15.7. The SMILES string of the molecule is Cn1cc(-c2nc(C(=O)O)cc(-c3ccc(Cl)cc3)n2)cn1. The summed E-state index contributed by atoms with van der Waals surface area (Å²) in [6.07, 6.45) is 3.32. The van der Waals surface area contributed by atoms with Gasteiger partial charge in [-0.1, -0.05) is 23.7 Å². The zero-order valence-corrected chi connectivity index (χ0v) is 12.3. The van der Waals surface area contributed by atoms with Gasteiger partial charge in [-0.2, -0.15) is 5.10 Å². The Kier molecular flexibility index (Phi) is 3.60. The van der Waals surface area contributed by atoms with Crippen LogP contribution in [0.5, 0.6) is 0 Å². The molecule has 1 aromatic carbocycles. The number of aromatic nitrogens is 4. The maximum atomic E-state index is 11.3. The van der Waals surface area contributed by atoms with E-state index in [0.717, 1.165) is 5.56 Å². The lowest BCUT2D eigenvalue weighted by Gasteiger charge is -2.05. The van der Waals surface area contributed by atoms with E-state index in [-0.39, 0.29) is 5.69 Å². The van der Waals surface area contributed by atoms with E-state index in [1.165, 1.54) is 6.07 Å². The van der Waals surface area contributed by atoms with Crippen LogP contribution >= 0.6 is 11.6 Å². The summed E-state index contributed by atoms with van der Waals surface area (Å²) >= 11 is 5.87. The second-order valence-corrected chi connectivity index (χ2v) is 5.11. The van der Waals surface area contributed by atoms with Gasteiger partial charge in [-0.25, -0.2) is 14.8 Å². The van der Waals surface area contributed by atoms with E-state index in [2.05, 4.69) is 15.1 Å². The molecule has 6 nitrogen and oxygen atoms in total. The molecule has 0 aliphatic carbocycles. The second-order valence-electron chi connectivity index (χ2n) is 4.68. The molecule has 0 atom stereocenters. The van der Waals surface area contributed by atoms with Crippen molar-refractivity contribution in [3.05, 3.63) is 53.4 Å². The fourth-order valence-corrected chi connectivity index (χ4v) is 2.12. The lowest BCUT2D eigenvalue weighted by atomic mass is 10.1. The lowest BCUT2D eigenvalue weighted by molar-refractivity contribution is 0.0690. The molecule has 0 bridgehead atoms. The predicted molar refractivity (Wildman–Crippen MR) is 81.6 cm³/mol. The molecule has 0 saturated carbocycles. The van der Waals surface area contributed by atoms with Crippen molar-refractivity contribution in [2.75, 3.05) is 0 Å². The number of nitrogens with zero attached hydrogens (tertiary/aromatic N) is 4. The first-order chi connectivity index (χ1) is 10.5. The number of hydrogen-bond acceptors (Lipinski definition) is 4. The molecule has 3 rings (SSSR count). The minimum atomic E-state index is -1.11. The number of carboxylic acids is 1. The molecule has 0 saturated heterocycles. The highest BCUT2D eigenvalue weighted by atomic mass is 35.5. The van der Waals surface area contributed by atoms with E-state index in [1.807, 2.05) is 0 Å². The maximum Gasteiger partial charge on any atom is 0.354 e. The molecule has 0 aliphatic rings. The minimum absolute atomic E-state index is 0.0706. The standard InChI is InChI=1S/C15H11ClN4O2/c1-20-8-10(7-17-20)14-18-12(6-13(19-14)15(21)22)9-2-4-11(16)5-3-9/h2-8H,1H3,(H,21,22). The van der Waals surface area contributed by atoms with Gasteiger partial charge in [0, 0.05) is 23.8 Å². The van der Waals surface area contributed by atoms with Gasteiger partial charge in [0.25, 0.3) is 0 Å². The third kappa shape index (κ3) is 2.82. The summed E-state index contributed by atoms with van der Waals surface area (Å²) in [6, 6.07) is 8.45. The Morgan fingerprint density at radius 1 is 1.18 bits per heavy atom. The van der Waals surface area contributed by atoms with Crippen molar-refractivity contribution in [3.8, 4) is 22.6 Å². The summed E-state index contributed by atoms with van der Waals surface area (Å²) < 4.78 is 1.61. The van der Waals surface area contributed by atoms with Gasteiger partial charge in [0.15, 0.2) is 11.5 Å². The van der Waals surface area contributed by atoms with Crippen molar-refractivity contribution in [1.29, 1.82) is 0 Å². The lowest BCUT2D eigenvalue weighted by Crippen LogP contribution is -2.04. The Morgan fingerprint density at radius 2 is 1.91 bits per heavy atom. The van der Waals surface area contributed by atoms with Gasteiger partial charge < -0.3 is 5.11 Å². The smallest absolute Gasteiger partial charge is 0.354 e. The van der Waals surface area contributed by atoms with Crippen LogP contribution in [0.25, 0.3) is 22.6 Å². The monoisotopic (exact) mass is 314 g/mol. The molecule has 0 unspecified atom stereocenters. The van der Waals surface area contributed by atoms with Crippen LogP contribution in [0.1, 0.15) is 10.5 Å². The molecule has 0 aliphatic heterocycles. The highest BCUT2D eigenvalue weighted by Gasteiger charge is 2.14. The van der Waals surface area contributed by atoms with Crippen LogP contribution in [0.4, 0.5) is 0 Å². The summed E-state index contributed by atoms with van der Waals surface area (Å²) in [5.74, 6) is -0.791. The van der Waals surface area contributed by atoms with E-state index < -0.39 is 5.97 Å². The molecule has 0 amide bonds. The van der Waals surface area contributed by atoms with Crippen LogP contribution in [0, 0.1) is 0 Å². The highest BCUT2D eigenvalue weighted by molar-refractivity contribution is 6.30. The van der Waals surface area contributed by atoms with Crippen LogP contribution in [0.15, 0.2) is 42.7 Å². The number of aryl methyl sites for hydroxylation is 1. The minimum Gasteiger partial charge on any atom is -0.477 e. The van der Waals surface area contributed by atoms with E-state index >= 15 is 0 Å². The van der Waals surface area contributed by atoms with Gasteiger partial charge in [-0.3, -0.25) is 4.68 Å². The molecular formula is C15H11ClN4O2. The van der Waals surface area contributed by atoms with Gasteiger partial charge in [0.1, 0.15) is 0 Å². The number of benzene rings is 1. The number of carboxylic acid groups (broad SMARTS) is 1. The van der Waals surface area contributed by atoms with E-state index in [0.29, 0.717) is 22.1 Å². The highest BCUT2D eigenvalue weighted by Crippen LogP contribution is 2.23. The molecular weight excluding hydrogens is 304 g/mol. The maximum absolute atomic E-state index is 11.3. The van der Waals surface area contributed by atoms with Gasteiger partial charge in [0.2, 0.25) is 0 Å². The molecule has 2 aromatic heterocycles. The molecule has 7 heteroatoms. The Bertz CT molecular complexity index is 843. The van der Waals surface area contributed by atoms with Gasteiger partial charge in [-0.15, -0.1) is 0 Å². The van der Waals surface area contributed by atoms with E-state index in [9.17, 15) is 9.90 Å². The van der Waals surface area contributed by atoms with Crippen LogP contribution in [0.2, 0.25) is 5.02 Å². The molecule has 3 aromatic rings. The first-order valence-electron chi connectivity index (χ1n) is 6.40. The van der Waals surface area contributed by atoms with Crippen LogP contribution in [-0.2, 0) is 7.05 Å². The van der Waals surface area contributed by atoms with Crippen molar-refractivity contribution < 1.29 is 9.90 Å². The van der Waals surface area contributed by atoms with E-state index in [4.69, 9.17) is 11.6 Å². The number of carbonyl (C=O) groups is 1. The quantitative estimate of drug-likeness (QED) is 0.804. The first kappa shape index (κ1) is 14.2. The van der Waals surface area contributed by atoms with Gasteiger partial charge in [-0.05, 0) is 18.2 Å². The summed E-state index contributed by atoms with van der Waals surface area (Å²) in [5, 5.41) is 13.9. The number of hydrogen-bond donors (Lipinski definition) is 1. The Balaban J connectivity index is 2.15. The Labute approximate surface area is 131 Å². The predicted octanol–water partition coefficient (Wildman–Crippen LogP) is 2.90. The fourth-order valence-electron chi connectivity index (χ4n) is 1.99. The summed E-state index contributed by atoms with van der Waals surface area (Å²) in [7, 11) is 1.77. The first-order valence-corrected chi connectivity index (χ1v) is 6.78. The van der Waals surface area contributed by atoms with E-state index in [1.54, 1.807) is 48.4 Å². The molecule has 0 spiro atoms. The van der Waals surface area contributed by atoms with Crippen molar-refractivity contribution in [2.24, 2.45) is 7.05 Å². The van der Waals surface area contributed by atoms with Crippen molar-refractivity contribution in [2.45, 2.75) is 0 Å².